The van der Waals surface area contributed by atoms with Gasteiger partial charge in [0.15, 0.2) is 11.5 Å². The van der Waals surface area contributed by atoms with Crippen LogP contribution in [0.25, 0.3) is 0 Å². The quantitative estimate of drug-likeness (QED) is 0.695. The lowest BCUT2D eigenvalue weighted by molar-refractivity contribution is -0.275. The molecule has 0 atom stereocenters. The first-order valence-electron chi connectivity index (χ1n) is 3.19. The van der Waals surface area contributed by atoms with E-state index in [1.165, 1.54) is 6.07 Å². The Hall–Kier alpha value is -1.17. The second-order valence-electron chi connectivity index (χ2n) is 2.23. The van der Waals surface area contributed by atoms with Crippen molar-refractivity contribution in [1.82, 2.24) is 0 Å². The maximum absolute atomic E-state index is 11.7. The van der Waals surface area contributed by atoms with Gasteiger partial charge in [-0.2, -0.15) is 0 Å². The van der Waals surface area contributed by atoms with Crippen LogP contribution in [0.1, 0.15) is 0 Å². The fourth-order valence-corrected chi connectivity index (χ4v) is 0.935. The van der Waals surface area contributed by atoms with Crippen molar-refractivity contribution in [3.63, 3.8) is 0 Å². The van der Waals surface area contributed by atoms with Gasteiger partial charge in [-0.05, 0) is 12.1 Å². The topological polar surface area (TPSA) is 29.5 Å². The minimum Gasteiger partial charge on any atom is -0.504 e. The SMILES string of the molecule is Oc1ccc([Si])cc1OC(F)(F)F. The zero-order valence-electron chi connectivity index (χ0n) is 6.22. The van der Waals surface area contributed by atoms with Crippen molar-refractivity contribution in [3.8, 4) is 11.5 Å². The molecule has 0 saturated carbocycles. The van der Waals surface area contributed by atoms with Crippen molar-refractivity contribution < 1.29 is 23.0 Å². The summed E-state index contributed by atoms with van der Waals surface area (Å²) in [5.74, 6) is -1.18. The zero-order chi connectivity index (χ0) is 10.1. The molecule has 1 aromatic rings. The van der Waals surface area contributed by atoms with Gasteiger partial charge in [0.1, 0.15) is 0 Å². The first-order chi connectivity index (χ1) is 5.88. The lowest BCUT2D eigenvalue weighted by Gasteiger charge is -2.10. The van der Waals surface area contributed by atoms with Crippen LogP contribution in [0.3, 0.4) is 0 Å². The molecular formula is C7H4F3O2Si. The predicted molar refractivity (Wildman–Crippen MR) is 40.2 cm³/mol. The molecule has 0 spiro atoms. The van der Waals surface area contributed by atoms with E-state index in [0.29, 0.717) is 5.19 Å². The van der Waals surface area contributed by atoms with E-state index in [0.717, 1.165) is 12.1 Å². The van der Waals surface area contributed by atoms with E-state index in [2.05, 4.69) is 15.0 Å². The van der Waals surface area contributed by atoms with Crippen molar-refractivity contribution in [2.45, 2.75) is 6.36 Å². The molecule has 6 heteroatoms. The number of benzene rings is 1. The molecule has 0 saturated heterocycles. The Morgan fingerprint density at radius 3 is 2.46 bits per heavy atom. The molecule has 13 heavy (non-hydrogen) atoms. The fourth-order valence-electron chi connectivity index (χ4n) is 0.721. The molecule has 0 aliphatic rings. The van der Waals surface area contributed by atoms with Crippen LogP contribution in [0.4, 0.5) is 13.2 Å². The van der Waals surface area contributed by atoms with Gasteiger partial charge in [-0.3, -0.25) is 0 Å². The van der Waals surface area contributed by atoms with Crippen LogP contribution in [0.2, 0.25) is 0 Å². The Labute approximate surface area is 75.4 Å². The van der Waals surface area contributed by atoms with Gasteiger partial charge in [0.05, 0.1) is 10.2 Å². The third kappa shape index (κ3) is 2.98. The summed E-state index contributed by atoms with van der Waals surface area (Å²) in [4.78, 5) is 0. The summed E-state index contributed by atoms with van der Waals surface area (Å²) in [7, 11) is 3.00. The van der Waals surface area contributed by atoms with E-state index in [-0.39, 0.29) is 0 Å². The number of hydrogen-bond donors (Lipinski definition) is 1. The standard InChI is InChI=1S/C7H4F3O2Si/c8-7(9,10)12-6-3-4(13)1-2-5(6)11/h1-3,11H. The predicted octanol–water partition coefficient (Wildman–Crippen LogP) is 1.08. The molecule has 0 fully saturated rings. The van der Waals surface area contributed by atoms with Crippen molar-refractivity contribution in [1.29, 1.82) is 0 Å². The molecular weight excluding hydrogens is 201 g/mol. The van der Waals surface area contributed by atoms with Crippen molar-refractivity contribution in [2.24, 2.45) is 0 Å². The number of ether oxygens (including phenoxy) is 1. The molecule has 0 bridgehead atoms. The normalized spacial score (nSPS) is 11.4. The third-order valence-corrected chi connectivity index (χ3v) is 1.50. The Morgan fingerprint density at radius 1 is 1.31 bits per heavy atom. The first kappa shape index (κ1) is 9.91. The Bertz CT molecular complexity index is 311. The summed E-state index contributed by atoms with van der Waals surface area (Å²) < 4.78 is 38.6. The highest BCUT2D eigenvalue weighted by molar-refractivity contribution is 6.32. The number of halogens is 3. The van der Waals surface area contributed by atoms with Gasteiger partial charge in [-0.25, -0.2) is 0 Å². The number of hydrogen-bond acceptors (Lipinski definition) is 2. The molecule has 1 rings (SSSR count). The average Bonchev–Trinajstić information content (AvgIpc) is 1.94. The summed E-state index contributed by atoms with van der Waals surface area (Å²) in [6.45, 7) is 0. The highest BCUT2D eigenvalue weighted by atomic mass is 28.1. The van der Waals surface area contributed by atoms with Crippen LogP contribution in [0, 0.1) is 0 Å². The molecule has 0 amide bonds. The monoisotopic (exact) mass is 205 g/mol. The largest absolute Gasteiger partial charge is 0.573 e. The molecule has 0 aliphatic heterocycles. The van der Waals surface area contributed by atoms with Crippen molar-refractivity contribution in [2.75, 3.05) is 0 Å². The number of rotatable bonds is 1. The maximum atomic E-state index is 11.7. The van der Waals surface area contributed by atoms with Crippen LogP contribution < -0.4 is 9.92 Å². The highest BCUT2D eigenvalue weighted by Gasteiger charge is 2.32. The highest BCUT2D eigenvalue weighted by Crippen LogP contribution is 2.29. The number of alkyl halides is 3. The smallest absolute Gasteiger partial charge is 0.504 e. The van der Waals surface area contributed by atoms with Gasteiger partial charge >= 0.3 is 6.36 Å². The van der Waals surface area contributed by atoms with Gasteiger partial charge in [0, 0.05) is 0 Å². The summed E-state index contributed by atoms with van der Waals surface area (Å²) >= 11 is 0. The number of phenols is 1. The van der Waals surface area contributed by atoms with Crippen molar-refractivity contribution in [3.05, 3.63) is 18.2 Å². The van der Waals surface area contributed by atoms with Crippen molar-refractivity contribution >= 4 is 15.4 Å². The lowest BCUT2D eigenvalue weighted by Crippen LogP contribution is -2.18. The van der Waals surface area contributed by atoms with Gasteiger partial charge in [-0.1, -0.05) is 11.3 Å². The third-order valence-electron chi connectivity index (χ3n) is 1.19. The molecule has 2 nitrogen and oxygen atoms in total. The fraction of sp³-hybridized carbons (Fsp3) is 0.143. The van der Waals surface area contributed by atoms with E-state index in [9.17, 15) is 13.2 Å². The maximum Gasteiger partial charge on any atom is 0.573 e. The van der Waals surface area contributed by atoms with E-state index < -0.39 is 17.9 Å². The molecule has 0 heterocycles. The molecule has 0 unspecified atom stereocenters. The van der Waals surface area contributed by atoms with E-state index >= 15 is 0 Å². The van der Waals surface area contributed by atoms with Gasteiger partial charge in [0.2, 0.25) is 0 Å². The molecule has 3 radical (unpaired) electrons. The second-order valence-corrected chi connectivity index (χ2v) is 2.81. The molecule has 69 valence electrons. The van der Waals surface area contributed by atoms with E-state index in [4.69, 9.17) is 5.11 Å². The van der Waals surface area contributed by atoms with Gasteiger partial charge < -0.3 is 9.84 Å². The second kappa shape index (κ2) is 3.29. The molecule has 1 aromatic carbocycles. The minimum atomic E-state index is -4.79. The zero-order valence-corrected chi connectivity index (χ0v) is 7.22. The Kier molecular flexibility index (Phi) is 2.51. The first-order valence-corrected chi connectivity index (χ1v) is 3.69. The summed E-state index contributed by atoms with van der Waals surface area (Å²) in [6, 6.07) is 3.53. The Balaban J connectivity index is 2.94. The van der Waals surface area contributed by atoms with E-state index in [1.54, 1.807) is 0 Å². The molecule has 0 aromatic heterocycles. The minimum absolute atomic E-state index is 0.386. The number of phenolic OH excluding ortho intramolecular Hbond substituents is 1. The summed E-state index contributed by atoms with van der Waals surface area (Å²) in [6.07, 6.45) is -4.79. The van der Waals surface area contributed by atoms with Gasteiger partial charge in [-0.15, -0.1) is 13.2 Å². The van der Waals surface area contributed by atoms with Crippen LogP contribution in [-0.2, 0) is 0 Å². The van der Waals surface area contributed by atoms with Crippen LogP contribution in [0.5, 0.6) is 11.5 Å². The van der Waals surface area contributed by atoms with E-state index in [1.807, 2.05) is 0 Å². The average molecular weight is 205 g/mol. The molecule has 1 N–H and O–H groups in total. The van der Waals surface area contributed by atoms with Crippen LogP contribution >= 0.6 is 0 Å². The summed E-state index contributed by atoms with van der Waals surface area (Å²) in [5.41, 5.74) is 0. The number of aromatic hydroxyl groups is 1. The Morgan fingerprint density at radius 2 is 1.92 bits per heavy atom. The lowest BCUT2D eigenvalue weighted by atomic mass is 10.3. The summed E-state index contributed by atoms with van der Waals surface area (Å²) in [5, 5.41) is 9.34. The van der Waals surface area contributed by atoms with Gasteiger partial charge in [0.25, 0.3) is 0 Å². The van der Waals surface area contributed by atoms with Crippen LogP contribution in [-0.4, -0.2) is 21.7 Å². The van der Waals surface area contributed by atoms with Crippen LogP contribution in [0.15, 0.2) is 18.2 Å². The molecule has 0 aliphatic carbocycles.